The third-order valence-electron chi connectivity index (χ3n) is 4.78. The maximum atomic E-state index is 6.67. The molecular weight excluding hydrogens is 390 g/mol. The molecule has 29 heavy (non-hydrogen) atoms. The van der Waals surface area contributed by atoms with Gasteiger partial charge in [-0.25, -0.2) is 4.68 Å². The van der Waals surface area contributed by atoms with Crippen molar-refractivity contribution in [3.63, 3.8) is 0 Å². The summed E-state index contributed by atoms with van der Waals surface area (Å²) in [5, 5.41) is 5.25. The summed E-state index contributed by atoms with van der Waals surface area (Å²) in [4.78, 5) is 2.16. The lowest BCUT2D eigenvalue weighted by Gasteiger charge is -2.20. The van der Waals surface area contributed by atoms with Gasteiger partial charge in [0.2, 0.25) is 5.75 Å². The minimum absolute atomic E-state index is 0.590. The molecule has 2 aromatic carbocycles. The van der Waals surface area contributed by atoms with E-state index in [9.17, 15) is 0 Å². The zero-order valence-corrected chi connectivity index (χ0v) is 18.2. The van der Waals surface area contributed by atoms with Gasteiger partial charge in [-0.1, -0.05) is 35.9 Å². The highest BCUT2D eigenvalue weighted by Gasteiger charge is 2.19. The lowest BCUT2D eigenvalue weighted by atomic mass is 10.1. The molecule has 3 aromatic rings. The predicted molar refractivity (Wildman–Crippen MR) is 115 cm³/mol. The molecule has 154 valence electrons. The zero-order chi connectivity index (χ0) is 21.0. The molecule has 1 heterocycles. The number of halogens is 1. The molecule has 0 fully saturated rings. The molecule has 0 aliphatic rings. The molecular formula is C22H26ClN3O3. The number of aromatic nitrogens is 2. The van der Waals surface area contributed by atoms with Crippen molar-refractivity contribution >= 4 is 11.6 Å². The van der Waals surface area contributed by atoms with Gasteiger partial charge in [0.15, 0.2) is 11.5 Å². The smallest absolute Gasteiger partial charge is 0.203 e. The number of methoxy groups -OCH3 is 3. The summed E-state index contributed by atoms with van der Waals surface area (Å²) < 4.78 is 18.2. The number of aryl methyl sites for hydroxylation is 1. The van der Waals surface area contributed by atoms with E-state index >= 15 is 0 Å². The quantitative estimate of drug-likeness (QED) is 0.542. The van der Waals surface area contributed by atoms with Crippen LogP contribution >= 0.6 is 11.6 Å². The van der Waals surface area contributed by atoms with E-state index in [1.165, 1.54) is 0 Å². The van der Waals surface area contributed by atoms with Crippen LogP contribution in [0.15, 0.2) is 42.5 Å². The van der Waals surface area contributed by atoms with Gasteiger partial charge in [0.25, 0.3) is 0 Å². The van der Waals surface area contributed by atoms with Crippen LogP contribution in [-0.4, -0.2) is 43.1 Å². The molecule has 0 N–H and O–H groups in total. The second kappa shape index (κ2) is 9.20. The average molecular weight is 416 g/mol. The maximum absolute atomic E-state index is 6.67. The Bertz CT molecular complexity index is 973. The second-order valence-corrected chi connectivity index (χ2v) is 7.13. The summed E-state index contributed by atoms with van der Waals surface area (Å²) >= 11 is 6.67. The van der Waals surface area contributed by atoms with Crippen molar-refractivity contribution in [3.8, 4) is 22.9 Å². The third-order valence-corrected chi connectivity index (χ3v) is 5.16. The molecule has 7 heteroatoms. The Balaban J connectivity index is 1.84. The van der Waals surface area contributed by atoms with Gasteiger partial charge in [-0.2, -0.15) is 5.10 Å². The van der Waals surface area contributed by atoms with E-state index in [0.717, 1.165) is 22.5 Å². The van der Waals surface area contributed by atoms with Crippen LogP contribution in [0.2, 0.25) is 5.15 Å². The zero-order valence-electron chi connectivity index (χ0n) is 17.4. The lowest BCUT2D eigenvalue weighted by molar-refractivity contribution is 0.296. The highest BCUT2D eigenvalue weighted by atomic mass is 35.5. The van der Waals surface area contributed by atoms with Crippen molar-refractivity contribution in [1.82, 2.24) is 14.7 Å². The second-order valence-electron chi connectivity index (χ2n) is 6.77. The van der Waals surface area contributed by atoms with Crippen LogP contribution < -0.4 is 14.2 Å². The molecule has 0 aliphatic heterocycles. The van der Waals surface area contributed by atoms with E-state index in [2.05, 4.69) is 10.00 Å². The predicted octanol–water partition coefficient (Wildman–Crippen LogP) is 4.49. The first-order valence-electron chi connectivity index (χ1n) is 9.26. The van der Waals surface area contributed by atoms with Crippen molar-refractivity contribution in [1.29, 1.82) is 0 Å². The molecule has 0 radical (unpaired) electrons. The Morgan fingerprint density at radius 1 is 0.931 bits per heavy atom. The van der Waals surface area contributed by atoms with Gasteiger partial charge in [0.05, 0.1) is 32.7 Å². The Hall–Kier alpha value is -2.70. The van der Waals surface area contributed by atoms with Gasteiger partial charge < -0.3 is 14.2 Å². The molecule has 0 atom stereocenters. The van der Waals surface area contributed by atoms with E-state index in [1.54, 1.807) is 26.0 Å². The number of para-hydroxylation sites is 1. The van der Waals surface area contributed by atoms with Gasteiger partial charge >= 0.3 is 0 Å². The molecule has 0 saturated heterocycles. The first-order valence-corrected chi connectivity index (χ1v) is 9.63. The van der Waals surface area contributed by atoms with Gasteiger partial charge in [-0.3, -0.25) is 4.90 Å². The molecule has 0 spiro atoms. The molecule has 3 rings (SSSR count). The molecule has 0 bridgehead atoms. The van der Waals surface area contributed by atoms with E-state index in [4.69, 9.17) is 25.8 Å². The summed E-state index contributed by atoms with van der Waals surface area (Å²) in [5.41, 5.74) is 3.84. The number of ether oxygens (including phenoxy) is 3. The normalized spacial score (nSPS) is 11.0. The fourth-order valence-electron chi connectivity index (χ4n) is 3.36. The van der Waals surface area contributed by atoms with Crippen LogP contribution in [0.4, 0.5) is 0 Å². The topological polar surface area (TPSA) is 48.8 Å². The van der Waals surface area contributed by atoms with E-state index in [-0.39, 0.29) is 0 Å². The highest BCUT2D eigenvalue weighted by Crippen LogP contribution is 2.40. The first kappa shape index (κ1) is 21.0. The minimum atomic E-state index is 0.590. The molecule has 6 nitrogen and oxygen atoms in total. The maximum Gasteiger partial charge on any atom is 0.203 e. The SMILES string of the molecule is COc1ccc(CN(C)Cc2c(C)nn(-c3ccccc3)c2Cl)c(OC)c1OC. The summed E-state index contributed by atoms with van der Waals surface area (Å²) in [6, 6.07) is 13.8. The van der Waals surface area contributed by atoms with Crippen LogP contribution in [0, 0.1) is 6.92 Å². The summed E-state index contributed by atoms with van der Waals surface area (Å²) in [7, 11) is 6.88. The van der Waals surface area contributed by atoms with Crippen LogP contribution in [-0.2, 0) is 13.1 Å². The monoisotopic (exact) mass is 415 g/mol. The Morgan fingerprint density at radius 3 is 2.24 bits per heavy atom. The van der Waals surface area contributed by atoms with E-state index in [1.807, 2.05) is 56.4 Å². The van der Waals surface area contributed by atoms with Crippen LogP contribution in [0.1, 0.15) is 16.8 Å². The number of nitrogens with zero attached hydrogens (tertiary/aromatic N) is 3. The van der Waals surface area contributed by atoms with Gasteiger partial charge in [0, 0.05) is 24.2 Å². The van der Waals surface area contributed by atoms with Crippen LogP contribution in [0.25, 0.3) is 5.69 Å². The standard InChI is InChI=1S/C22H26ClN3O3/c1-15-18(22(23)26(24-15)17-9-7-6-8-10-17)14-25(2)13-16-11-12-19(27-3)21(29-5)20(16)28-4/h6-12H,13-14H2,1-5H3. The van der Waals surface area contributed by atoms with Crippen molar-refractivity contribution in [2.75, 3.05) is 28.4 Å². The number of rotatable bonds is 8. The molecule has 1 aromatic heterocycles. The Labute approximate surface area is 176 Å². The van der Waals surface area contributed by atoms with Gasteiger partial charge in [-0.05, 0) is 32.2 Å². The van der Waals surface area contributed by atoms with E-state index in [0.29, 0.717) is 35.5 Å². The van der Waals surface area contributed by atoms with Gasteiger partial charge in [0.1, 0.15) is 5.15 Å². The molecule has 0 saturated carbocycles. The van der Waals surface area contributed by atoms with Crippen LogP contribution in [0.3, 0.4) is 0 Å². The minimum Gasteiger partial charge on any atom is -0.493 e. The molecule has 0 unspecified atom stereocenters. The third kappa shape index (κ3) is 4.33. The fraction of sp³-hybridized carbons (Fsp3) is 0.318. The number of hydrogen-bond donors (Lipinski definition) is 0. The van der Waals surface area contributed by atoms with Crippen molar-refractivity contribution in [2.24, 2.45) is 0 Å². The van der Waals surface area contributed by atoms with Crippen molar-refractivity contribution < 1.29 is 14.2 Å². The summed E-state index contributed by atoms with van der Waals surface area (Å²) in [6.07, 6.45) is 0. The first-order chi connectivity index (χ1) is 14.0. The average Bonchev–Trinajstić information content (AvgIpc) is 3.02. The lowest BCUT2D eigenvalue weighted by Crippen LogP contribution is -2.18. The highest BCUT2D eigenvalue weighted by molar-refractivity contribution is 6.30. The van der Waals surface area contributed by atoms with E-state index < -0.39 is 0 Å². The summed E-state index contributed by atoms with van der Waals surface area (Å²) in [5.74, 6) is 1.90. The fourth-order valence-corrected chi connectivity index (χ4v) is 3.69. The van der Waals surface area contributed by atoms with Crippen LogP contribution in [0.5, 0.6) is 17.2 Å². The van der Waals surface area contributed by atoms with Crippen molar-refractivity contribution in [2.45, 2.75) is 20.0 Å². The molecule has 0 aliphatic carbocycles. The number of hydrogen-bond acceptors (Lipinski definition) is 5. The Morgan fingerprint density at radius 2 is 1.62 bits per heavy atom. The summed E-state index contributed by atoms with van der Waals surface area (Å²) in [6.45, 7) is 3.27. The number of benzene rings is 2. The van der Waals surface area contributed by atoms with Gasteiger partial charge in [-0.15, -0.1) is 0 Å². The Kier molecular flexibility index (Phi) is 6.67. The molecule has 0 amide bonds. The largest absolute Gasteiger partial charge is 0.493 e. The van der Waals surface area contributed by atoms with Crippen molar-refractivity contribution in [3.05, 3.63) is 64.4 Å².